The molecule has 1 heterocycles. The lowest BCUT2D eigenvalue weighted by molar-refractivity contribution is 0.0600. The molecular weight excluding hydrogens is 264 g/mol. The van der Waals surface area contributed by atoms with Crippen molar-refractivity contribution < 1.29 is 9.53 Å². The summed E-state index contributed by atoms with van der Waals surface area (Å²) in [5.41, 5.74) is 2.47. The molecule has 2 rings (SSSR count). The third-order valence-electron chi connectivity index (χ3n) is 2.59. The number of nitrogens with one attached hydrogen (secondary N) is 2. The predicted molar refractivity (Wildman–Crippen MR) is 73.3 cm³/mol. The van der Waals surface area contributed by atoms with E-state index in [1.54, 1.807) is 17.5 Å². The van der Waals surface area contributed by atoms with Crippen LogP contribution in [0, 0.1) is 0 Å². The van der Waals surface area contributed by atoms with Gasteiger partial charge in [0.05, 0.1) is 12.7 Å². The molecule has 0 spiro atoms. The third-order valence-corrected chi connectivity index (χ3v) is 3.31. The van der Waals surface area contributed by atoms with E-state index < -0.39 is 0 Å². The largest absolute Gasteiger partial charge is 0.465 e. The van der Waals surface area contributed by atoms with Crippen molar-refractivity contribution in [2.45, 2.75) is 13.1 Å². The first-order valence-corrected chi connectivity index (χ1v) is 6.61. The molecule has 0 radical (unpaired) electrons. The zero-order valence-electron chi connectivity index (χ0n) is 10.4. The number of H-pyrrole nitrogens is 1. The number of carbonyl (C=O) groups excluding carboxylic acids is 1. The van der Waals surface area contributed by atoms with Crippen molar-refractivity contribution in [3.05, 3.63) is 56.1 Å². The van der Waals surface area contributed by atoms with Crippen LogP contribution in [-0.2, 0) is 17.8 Å². The summed E-state index contributed by atoms with van der Waals surface area (Å²) < 4.78 is 4.63. The fraction of sp³-hybridized carbons (Fsp3) is 0.231. The number of aromatic amines is 1. The average molecular weight is 278 g/mol. The number of rotatable bonds is 5. The molecule has 0 amide bonds. The highest BCUT2D eigenvalue weighted by atomic mass is 32.1. The average Bonchev–Trinajstić information content (AvgIpc) is 2.84. The van der Waals surface area contributed by atoms with Crippen LogP contribution in [0.5, 0.6) is 0 Å². The Morgan fingerprint density at radius 2 is 2.05 bits per heavy atom. The fourth-order valence-electron chi connectivity index (χ4n) is 1.62. The van der Waals surface area contributed by atoms with Crippen molar-refractivity contribution in [1.82, 2.24) is 10.3 Å². The Kier molecular flexibility index (Phi) is 4.48. The summed E-state index contributed by atoms with van der Waals surface area (Å²) in [6.07, 6.45) is 0. The van der Waals surface area contributed by atoms with Gasteiger partial charge in [-0.2, -0.15) is 0 Å². The number of benzene rings is 1. The molecule has 2 N–H and O–H groups in total. The highest BCUT2D eigenvalue weighted by Crippen LogP contribution is 2.06. The summed E-state index contributed by atoms with van der Waals surface area (Å²) in [5, 5.41) is 5.02. The standard InChI is InChI=1S/C13H14N2O3S/c1-18-12(16)10-4-2-9(3-5-10)6-14-7-11-8-19-13(17)15-11/h2-5,8,14H,6-7H2,1H3,(H,15,17). The molecule has 19 heavy (non-hydrogen) atoms. The number of aromatic nitrogens is 1. The van der Waals surface area contributed by atoms with Gasteiger partial charge in [0.2, 0.25) is 0 Å². The summed E-state index contributed by atoms with van der Waals surface area (Å²) >= 11 is 1.16. The van der Waals surface area contributed by atoms with Crippen LogP contribution in [0.3, 0.4) is 0 Å². The quantitative estimate of drug-likeness (QED) is 0.813. The van der Waals surface area contributed by atoms with Crippen molar-refractivity contribution in [3.8, 4) is 0 Å². The van der Waals surface area contributed by atoms with Gasteiger partial charge in [-0.1, -0.05) is 23.5 Å². The molecule has 0 atom stereocenters. The van der Waals surface area contributed by atoms with Crippen molar-refractivity contribution in [2.24, 2.45) is 0 Å². The molecule has 0 unspecified atom stereocenters. The first-order valence-electron chi connectivity index (χ1n) is 5.73. The molecule has 0 bridgehead atoms. The summed E-state index contributed by atoms with van der Waals surface area (Å²) in [4.78, 5) is 24.9. The fourth-order valence-corrected chi connectivity index (χ4v) is 2.20. The number of hydrogen-bond acceptors (Lipinski definition) is 5. The summed E-state index contributed by atoms with van der Waals surface area (Å²) in [7, 11) is 1.36. The maximum Gasteiger partial charge on any atom is 0.337 e. The number of carbonyl (C=O) groups is 1. The van der Waals surface area contributed by atoms with E-state index >= 15 is 0 Å². The van der Waals surface area contributed by atoms with E-state index in [2.05, 4.69) is 15.0 Å². The minimum absolute atomic E-state index is 0.0424. The number of esters is 1. The SMILES string of the molecule is COC(=O)c1ccc(CNCc2csc(=O)[nH]2)cc1. The van der Waals surface area contributed by atoms with Gasteiger partial charge in [-0.3, -0.25) is 4.79 Å². The van der Waals surface area contributed by atoms with Crippen LogP contribution in [0.2, 0.25) is 0 Å². The van der Waals surface area contributed by atoms with E-state index in [4.69, 9.17) is 0 Å². The van der Waals surface area contributed by atoms with Crippen molar-refractivity contribution in [2.75, 3.05) is 7.11 Å². The minimum atomic E-state index is -0.338. The second-order valence-corrected chi connectivity index (χ2v) is 4.81. The zero-order chi connectivity index (χ0) is 13.7. The van der Waals surface area contributed by atoms with Crippen molar-refractivity contribution in [3.63, 3.8) is 0 Å². The van der Waals surface area contributed by atoms with Gasteiger partial charge in [0.1, 0.15) is 0 Å². The highest BCUT2D eigenvalue weighted by molar-refractivity contribution is 7.07. The molecule has 0 saturated heterocycles. The number of methoxy groups -OCH3 is 1. The van der Waals surface area contributed by atoms with E-state index in [0.717, 1.165) is 22.6 Å². The van der Waals surface area contributed by atoms with Crippen molar-refractivity contribution in [1.29, 1.82) is 0 Å². The molecule has 0 fully saturated rings. The van der Waals surface area contributed by atoms with Gasteiger partial charge in [0.15, 0.2) is 0 Å². The zero-order valence-corrected chi connectivity index (χ0v) is 11.3. The summed E-state index contributed by atoms with van der Waals surface area (Å²) in [6.45, 7) is 1.27. The normalized spacial score (nSPS) is 10.4. The maximum absolute atomic E-state index is 11.3. The first-order chi connectivity index (χ1) is 9.19. The lowest BCUT2D eigenvalue weighted by Gasteiger charge is -2.04. The molecule has 6 heteroatoms. The number of hydrogen-bond donors (Lipinski definition) is 2. The Morgan fingerprint density at radius 3 is 2.63 bits per heavy atom. The van der Waals surface area contributed by atoms with Gasteiger partial charge >= 0.3 is 10.8 Å². The Bertz CT molecular complexity index is 601. The Labute approximate surface area is 114 Å². The predicted octanol–water partition coefficient (Wildman–Crippen LogP) is 1.51. The van der Waals surface area contributed by atoms with E-state index in [-0.39, 0.29) is 10.8 Å². The molecule has 2 aromatic rings. The molecular formula is C13H14N2O3S. The number of ether oxygens (including phenoxy) is 1. The highest BCUT2D eigenvalue weighted by Gasteiger charge is 2.04. The molecule has 0 aliphatic rings. The molecule has 0 aliphatic carbocycles. The minimum Gasteiger partial charge on any atom is -0.465 e. The van der Waals surface area contributed by atoms with Crippen LogP contribution in [0.15, 0.2) is 34.4 Å². The molecule has 0 aliphatic heterocycles. The van der Waals surface area contributed by atoms with Crippen LogP contribution in [-0.4, -0.2) is 18.1 Å². The van der Waals surface area contributed by atoms with Gasteiger partial charge in [-0.15, -0.1) is 0 Å². The van der Waals surface area contributed by atoms with Crippen LogP contribution in [0.1, 0.15) is 21.6 Å². The summed E-state index contributed by atoms with van der Waals surface area (Å²) in [6, 6.07) is 7.20. The summed E-state index contributed by atoms with van der Waals surface area (Å²) in [5.74, 6) is -0.338. The smallest absolute Gasteiger partial charge is 0.337 e. The van der Waals surface area contributed by atoms with Gasteiger partial charge in [-0.05, 0) is 17.7 Å². The lowest BCUT2D eigenvalue weighted by atomic mass is 10.1. The second-order valence-electron chi connectivity index (χ2n) is 3.97. The Hall–Kier alpha value is -1.92. The lowest BCUT2D eigenvalue weighted by Crippen LogP contribution is -2.14. The molecule has 0 saturated carbocycles. The van der Waals surface area contributed by atoms with Gasteiger partial charge in [0, 0.05) is 24.2 Å². The topological polar surface area (TPSA) is 71.2 Å². The van der Waals surface area contributed by atoms with E-state index in [0.29, 0.717) is 18.7 Å². The number of thiazole rings is 1. The molecule has 1 aromatic carbocycles. The molecule has 5 nitrogen and oxygen atoms in total. The molecule has 1 aromatic heterocycles. The van der Waals surface area contributed by atoms with Crippen LogP contribution in [0.4, 0.5) is 0 Å². The van der Waals surface area contributed by atoms with Gasteiger partial charge in [0.25, 0.3) is 0 Å². The van der Waals surface area contributed by atoms with Gasteiger partial charge in [-0.25, -0.2) is 4.79 Å². The van der Waals surface area contributed by atoms with E-state index in [1.807, 2.05) is 12.1 Å². The second kappa shape index (κ2) is 6.31. The van der Waals surface area contributed by atoms with E-state index in [9.17, 15) is 9.59 Å². The van der Waals surface area contributed by atoms with Crippen LogP contribution < -0.4 is 10.2 Å². The van der Waals surface area contributed by atoms with Crippen LogP contribution in [0.25, 0.3) is 0 Å². The third kappa shape index (κ3) is 3.77. The Balaban J connectivity index is 1.86. The maximum atomic E-state index is 11.3. The van der Waals surface area contributed by atoms with E-state index in [1.165, 1.54) is 7.11 Å². The van der Waals surface area contributed by atoms with Crippen LogP contribution >= 0.6 is 11.3 Å². The van der Waals surface area contributed by atoms with Crippen molar-refractivity contribution >= 4 is 17.3 Å². The Morgan fingerprint density at radius 1 is 1.32 bits per heavy atom. The monoisotopic (exact) mass is 278 g/mol. The molecule has 100 valence electrons. The van der Waals surface area contributed by atoms with Gasteiger partial charge < -0.3 is 15.0 Å². The first kappa shape index (κ1) is 13.5.